The molecule has 16 heavy (non-hydrogen) atoms. The van der Waals surface area contributed by atoms with Crippen LogP contribution in [0, 0.1) is 0 Å². The van der Waals surface area contributed by atoms with E-state index in [4.69, 9.17) is 5.11 Å². The zero-order valence-corrected chi connectivity index (χ0v) is 10.2. The number of hydrogen-bond donors (Lipinski definition) is 1. The second-order valence-electron chi connectivity index (χ2n) is 3.71. The molecule has 0 aliphatic rings. The number of aryl methyl sites for hydroxylation is 1. The lowest BCUT2D eigenvalue weighted by atomic mass is 10.1. The first-order chi connectivity index (χ1) is 7.29. The zero-order valence-electron chi connectivity index (χ0n) is 9.34. The molecule has 0 radical (unpaired) electrons. The van der Waals surface area contributed by atoms with Crippen molar-refractivity contribution in [1.29, 1.82) is 0 Å². The molecule has 0 unspecified atom stereocenters. The highest BCUT2D eigenvalue weighted by atomic mass is 35.5. The van der Waals surface area contributed by atoms with Crippen molar-refractivity contribution in [2.75, 3.05) is 0 Å². The fraction of sp³-hybridized carbons (Fsp3) is 0.636. The number of unbranched alkanes of at least 4 members (excludes halogenated alkanes) is 4. The number of carboxylic acid groups (broad SMARTS) is 1. The van der Waals surface area contributed by atoms with Crippen LogP contribution < -0.4 is 0 Å². The van der Waals surface area contributed by atoms with E-state index >= 15 is 0 Å². The Kier molecular flexibility index (Phi) is 8.62. The maximum Gasteiger partial charge on any atom is 0.303 e. The smallest absolute Gasteiger partial charge is 0.303 e. The Hall–Kier alpha value is -1.03. The highest BCUT2D eigenvalue weighted by Gasteiger charge is 1.96. The zero-order chi connectivity index (χ0) is 10.9. The summed E-state index contributed by atoms with van der Waals surface area (Å²) in [5.74, 6) is -0.687. The molecule has 0 bridgehead atoms. The van der Waals surface area contributed by atoms with Gasteiger partial charge in [0, 0.05) is 25.4 Å². The molecule has 0 amide bonds. The molecule has 1 aromatic rings. The van der Waals surface area contributed by atoms with Crippen LogP contribution in [0.4, 0.5) is 0 Å². The number of halogens is 1. The Morgan fingerprint density at radius 2 is 1.88 bits per heavy atom. The largest absolute Gasteiger partial charge is 0.481 e. The maximum absolute atomic E-state index is 10.2. The number of rotatable bonds is 8. The summed E-state index contributed by atoms with van der Waals surface area (Å²) in [6.45, 7) is 1.01. The number of aromatic nitrogens is 2. The van der Waals surface area contributed by atoms with Crippen molar-refractivity contribution < 1.29 is 9.90 Å². The summed E-state index contributed by atoms with van der Waals surface area (Å²) in [5.41, 5.74) is 0. The van der Waals surface area contributed by atoms with Crippen LogP contribution in [0.15, 0.2) is 18.7 Å². The van der Waals surface area contributed by atoms with Crippen LogP contribution in [0.25, 0.3) is 0 Å². The van der Waals surface area contributed by atoms with Gasteiger partial charge in [0.15, 0.2) is 0 Å². The highest BCUT2D eigenvalue weighted by Crippen LogP contribution is 2.06. The van der Waals surface area contributed by atoms with Crippen molar-refractivity contribution in [3.63, 3.8) is 0 Å². The van der Waals surface area contributed by atoms with Gasteiger partial charge in [-0.15, -0.1) is 12.4 Å². The van der Waals surface area contributed by atoms with Crippen LogP contribution in [0.2, 0.25) is 0 Å². The molecule has 92 valence electrons. The first-order valence-corrected chi connectivity index (χ1v) is 5.46. The van der Waals surface area contributed by atoms with E-state index in [2.05, 4.69) is 9.55 Å². The molecule has 1 N–H and O–H groups in total. The molecule has 1 heterocycles. The number of imidazole rings is 1. The SMILES string of the molecule is Cl.O=C(O)CCCCCCCn1ccnc1. The van der Waals surface area contributed by atoms with Gasteiger partial charge >= 0.3 is 5.97 Å². The van der Waals surface area contributed by atoms with Crippen molar-refractivity contribution in [3.05, 3.63) is 18.7 Å². The van der Waals surface area contributed by atoms with E-state index in [1.54, 1.807) is 6.20 Å². The molecule has 0 saturated heterocycles. The van der Waals surface area contributed by atoms with Gasteiger partial charge in [-0.1, -0.05) is 19.3 Å². The van der Waals surface area contributed by atoms with E-state index in [1.807, 2.05) is 12.5 Å². The first-order valence-electron chi connectivity index (χ1n) is 5.46. The van der Waals surface area contributed by atoms with Crippen molar-refractivity contribution >= 4 is 18.4 Å². The summed E-state index contributed by atoms with van der Waals surface area (Å²) in [6.07, 6.45) is 11.1. The average molecular weight is 247 g/mol. The molecule has 0 spiro atoms. The topological polar surface area (TPSA) is 55.1 Å². The third-order valence-electron chi connectivity index (χ3n) is 2.37. The fourth-order valence-corrected chi connectivity index (χ4v) is 1.52. The van der Waals surface area contributed by atoms with E-state index in [0.29, 0.717) is 6.42 Å². The van der Waals surface area contributed by atoms with E-state index in [-0.39, 0.29) is 12.4 Å². The van der Waals surface area contributed by atoms with E-state index < -0.39 is 5.97 Å². The lowest BCUT2D eigenvalue weighted by Gasteiger charge is -2.01. The predicted molar refractivity (Wildman–Crippen MR) is 64.8 cm³/mol. The lowest BCUT2D eigenvalue weighted by Crippen LogP contribution is -1.95. The number of carbonyl (C=O) groups is 1. The molecule has 1 rings (SSSR count). The molecular formula is C11H19ClN2O2. The van der Waals surface area contributed by atoms with Crippen LogP contribution >= 0.6 is 12.4 Å². The molecule has 0 aliphatic heterocycles. The molecule has 0 aliphatic carbocycles. The van der Waals surface area contributed by atoms with Gasteiger partial charge in [0.25, 0.3) is 0 Å². The number of nitrogens with zero attached hydrogens (tertiary/aromatic N) is 2. The van der Waals surface area contributed by atoms with E-state index in [9.17, 15) is 4.79 Å². The summed E-state index contributed by atoms with van der Waals surface area (Å²) in [7, 11) is 0. The standard InChI is InChI=1S/C11H18N2O2.ClH/c14-11(15)6-4-2-1-3-5-8-13-9-7-12-10-13;/h7,9-10H,1-6,8H2,(H,14,15);1H. The summed E-state index contributed by atoms with van der Waals surface area (Å²) < 4.78 is 2.07. The number of aliphatic carboxylic acids is 1. The Bertz CT molecular complexity index is 276. The van der Waals surface area contributed by atoms with Gasteiger partial charge < -0.3 is 9.67 Å². The van der Waals surface area contributed by atoms with Gasteiger partial charge in [-0.3, -0.25) is 4.79 Å². The van der Waals surface area contributed by atoms with Crippen LogP contribution in [-0.2, 0) is 11.3 Å². The lowest BCUT2D eigenvalue weighted by molar-refractivity contribution is -0.137. The van der Waals surface area contributed by atoms with Crippen molar-refractivity contribution in [3.8, 4) is 0 Å². The van der Waals surface area contributed by atoms with Gasteiger partial charge in [0.1, 0.15) is 0 Å². The maximum atomic E-state index is 10.2. The second-order valence-corrected chi connectivity index (χ2v) is 3.71. The first kappa shape index (κ1) is 15.0. The van der Waals surface area contributed by atoms with Crippen molar-refractivity contribution in [1.82, 2.24) is 9.55 Å². The predicted octanol–water partition coefficient (Wildman–Crippen LogP) is 2.73. The molecule has 0 saturated carbocycles. The van der Waals surface area contributed by atoms with Gasteiger partial charge in [0.05, 0.1) is 6.33 Å². The normalized spacial score (nSPS) is 9.75. The molecular weight excluding hydrogens is 228 g/mol. The second kappa shape index (κ2) is 9.21. The number of carboxylic acids is 1. The van der Waals surface area contributed by atoms with Crippen molar-refractivity contribution in [2.24, 2.45) is 0 Å². The Balaban J connectivity index is 0.00000225. The van der Waals surface area contributed by atoms with Gasteiger partial charge in [0.2, 0.25) is 0 Å². The summed E-state index contributed by atoms with van der Waals surface area (Å²) in [5, 5.41) is 8.43. The minimum Gasteiger partial charge on any atom is -0.481 e. The van der Waals surface area contributed by atoms with E-state index in [0.717, 1.165) is 38.6 Å². The van der Waals surface area contributed by atoms with Gasteiger partial charge in [-0.25, -0.2) is 4.98 Å². The van der Waals surface area contributed by atoms with E-state index in [1.165, 1.54) is 0 Å². The van der Waals surface area contributed by atoms with Gasteiger partial charge in [-0.05, 0) is 12.8 Å². The highest BCUT2D eigenvalue weighted by molar-refractivity contribution is 5.85. The quantitative estimate of drug-likeness (QED) is 0.718. The minimum absolute atomic E-state index is 0. The Morgan fingerprint density at radius 1 is 1.19 bits per heavy atom. The van der Waals surface area contributed by atoms with Crippen LogP contribution in [0.5, 0.6) is 0 Å². The average Bonchev–Trinajstić information content (AvgIpc) is 2.68. The molecule has 1 aromatic heterocycles. The third kappa shape index (κ3) is 7.29. The molecule has 4 nitrogen and oxygen atoms in total. The van der Waals surface area contributed by atoms with Crippen LogP contribution in [0.3, 0.4) is 0 Å². The van der Waals surface area contributed by atoms with Gasteiger partial charge in [-0.2, -0.15) is 0 Å². The molecule has 0 atom stereocenters. The Labute approximate surface area is 102 Å². The summed E-state index contributed by atoms with van der Waals surface area (Å²) in [6, 6.07) is 0. The fourth-order valence-electron chi connectivity index (χ4n) is 1.52. The third-order valence-corrected chi connectivity index (χ3v) is 2.37. The van der Waals surface area contributed by atoms with Crippen molar-refractivity contribution in [2.45, 2.75) is 45.1 Å². The monoisotopic (exact) mass is 246 g/mol. The summed E-state index contributed by atoms with van der Waals surface area (Å²) in [4.78, 5) is 14.2. The molecule has 5 heteroatoms. The molecule has 0 fully saturated rings. The number of hydrogen-bond acceptors (Lipinski definition) is 2. The minimum atomic E-state index is -0.687. The summed E-state index contributed by atoms with van der Waals surface area (Å²) >= 11 is 0. The molecule has 0 aromatic carbocycles. The van der Waals surface area contributed by atoms with Crippen LogP contribution in [-0.4, -0.2) is 20.6 Å². The Morgan fingerprint density at radius 3 is 2.50 bits per heavy atom. The van der Waals surface area contributed by atoms with Crippen LogP contribution in [0.1, 0.15) is 38.5 Å².